The Bertz CT molecular complexity index is 990. The van der Waals surface area contributed by atoms with E-state index in [1.54, 1.807) is 18.5 Å². The number of carbonyl (C=O) groups excluding carboxylic acids is 1. The summed E-state index contributed by atoms with van der Waals surface area (Å²) in [6.45, 7) is 4.64. The van der Waals surface area contributed by atoms with Gasteiger partial charge in [-0.05, 0) is 61.2 Å². The number of aryl methyl sites for hydroxylation is 2. The number of aromatic nitrogens is 3. The number of nitrogens with zero attached hydrogens (tertiary/aromatic N) is 3. The Hall–Kier alpha value is -2.02. The van der Waals surface area contributed by atoms with Gasteiger partial charge in [-0.1, -0.05) is 47.1 Å². The summed E-state index contributed by atoms with van der Waals surface area (Å²) in [6.07, 6.45) is 2.30. The van der Waals surface area contributed by atoms with Gasteiger partial charge in [0.25, 0.3) is 0 Å². The van der Waals surface area contributed by atoms with Gasteiger partial charge in [-0.3, -0.25) is 9.36 Å². The van der Waals surface area contributed by atoms with Gasteiger partial charge >= 0.3 is 0 Å². The fourth-order valence-corrected chi connectivity index (χ4v) is 3.88. The molecule has 0 aliphatic carbocycles. The van der Waals surface area contributed by atoms with Crippen LogP contribution in [0.1, 0.15) is 16.7 Å². The molecular weight excluding hydrogens is 415 g/mol. The van der Waals surface area contributed by atoms with Crippen LogP contribution in [-0.4, -0.2) is 33.0 Å². The normalized spacial score (nSPS) is 10.9. The monoisotopic (exact) mass is 434 g/mol. The number of benzene rings is 2. The van der Waals surface area contributed by atoms with Crippen molar-refractivity contribution in [2.75, 3.05) is 12.3 Å². The van der Waals surface area contributed by atoms with E-state index in [9.17, 15) is 4.79 Å². The van der Waals surface area contributed by atoms with E-state index in [-0.39, 0.29) is 11.7 Å². The summed E-state index contributed by atoms with van der Waals surface area (Å²) in [5.74, 6) is 0.197. The van der Waals surface area contributed by atoms with Gasteiger partial charge in [0, 0.05) is 22.3 Å². The van der Waals surface area contributed by atoms with Crippen LogP contribution in [0.25, 0.3) is 5.69 Å². The average Bonchev–Trinajstić information content (AvgIpc) is 3.13. The third-order valence-electron chi connectivity index (χ3n) is 4.35. The topological polar surface area (TPSA) is 59.8 Å². The van der Waals surface area contributed by atoms with Gasteiger partial charge in [0.2, 0.25) is 5.91 Å². The summed E-state index contributed by atoms with van der Waals surface area (Å²) in [5, 5.41) is 12.9. The molecule has 3 aromatic rings. The molecule has 0 atom stereocenters. The molecule has 0 unspecified atom stereocenters. The number of hydrogen-bond acceptors (Lipinski definition) is 4. The predicted molar refractivity (Wildman–Crippen MR) is 115 cm³/mol. The SMILES string of the molecule is Cc1ccc(-n2cnnc2SCC(=O)NCCc2ccc(Cl)cc2Cl)cc1C. The summed E-state index contributed by atoms with van der Waals surface area (Å²) >= 11 is 13.4. The van der Waals surface area contributed by atoms with Gasteiger partial charge in [0.1, 0.15) is 6.33 Å². The average molecular weight is 435 g/mol. The Morgan fingerprint density at radius 2 is 1.96 bits per heavy atom. The fourth-order valence-electron chi connectivity index (χ4n) is 2.62. The second-order valence-electron chi connectivity index (χ2n) is 6.38. The molecule has 1 heterocycles. The molecule has 5 nitrogen and oxygen atoms in total. The van der Waals surface area contributed by atoms with Crippen molar-refractivity contribution in [1.82, 2.24) is 20.1 Å². The predicted octanol–water partition coefficient (Wildman–Crippen LogP) is 4.64. The maximum absolute atomic E-state index is 12.2. The molecule has 0 aliphatic heterocycles. The van der Waals surface area contributed by atoms with Crippen molar-refractivity contribution in [2.24, 2.45) is 0 Å². The van der Waals surface area contributed by atoms with Crippen molar-refractivity contribution in [1.29, 1.82) is 0 Å². The van der Waals surface area contributed by atoms with E-state index in [1.807, 2.05) is 16.7 Å². The van der Waals surface area contributed by atoms with Crippen LogP contribution >= 0.6 is 35.0 Å². The standard InChI is InChI=1S/C20H20Cl2N4OS/c1-13-3-6-17(9-14(13)2)26-12-24-25-20(26)28-11-19(27)23-8-7-15-4-5-16(21)10-18(15)22/h3-6,9-10,12H,7-8,11H2,1-2H3,(H,23,27). The lowest BCUT2D eigenvalue weighted by Crippen LogP contribution is -2.27. The van der Waals surface area contributed by atoms with E-state index in [1.165, 1.54) is 22.9 Å². The van der Waals surface area contributed by atoms with Crippen LogP contribution in [0.5, 0.6) is 0 Å². The van der Waals surface area contributed by atoms with Gasteiger partial charge in [-0.2, -0.15) is 0 Å². The zero-order valence-electron chi connectivity index (χ0n) is 15.6. The molecule has 1 aromatic heterocycles. The number of halogens is 2. The van der Waals surface area contributed by atoms with Crippen molar-refractivity contribution in [3.8, 4) is 5.69 Å². The Morgan fingerprint density at radius 3 is 2.71 bits per heavy atom. The molecule has 1 N–H and O–H groups in total. The summed E-state index contributed by atoms with van der Waals surface area (Å²) in [4.78, 5) is 12.2. The number of thioether (sulfide) groups is 1. The molecule has 146 valence electrons. The van der Waals surface area contributed by atoms with Crippen LogP contribution < -0.4 is 5.32 Å². The summed E-state index contributed by atoms with van der Waals surface area (Å²) in [5.41, 5.74) is 4.36. The molecule has 0 aliphatic rings. The van der Waals surface area contributed by atoms with Gasteiger partial charge in [0.15, 0.2) is 5.16 Å². The largest absolute Gasteiger partial charge is 0.355 e. The first-order chi connectivity index (χ1) is 13.4. The first-order valence-corrected chi connectivity index (χ1v) is 10.5. The van der Waals surface area contributed by atoms with E-state index in [0.29, 0.717) is 28.2 Å². The fraction of sp³-hybridized carbons (Fsp3) is 0.250. The Kier molecular flexibility index (Phi) is 6.99. The van der Waals surface area contributed by atoms with Gasteiger partial charge < -0.3 is 5.32 Å². The summed E-state index contributed by atoms with van der Waals surface area (Å²) in [6, 6.07) is 11.5. The highest BCUT2D eigenvalue weighted by molar-refractivity contribution is 7.99. The zero-order valence-corrected chi connectivity index (χ0v) is 17.9. The highest BCUT2D eigenvalue weighted by Gasteiger charge is 2.11. The van der Waals surface area contributed by atoms with E-state index < -0.39 is 0 Å². The van der Waals surface area contributed by atoms with Gasteiger partial charge in [0.05, 0.1) is 5.75 Å². The molecule has 8 heteroatoms. The minimum absolute atomic E-state index is 0.0651. The molecule has 0 bridgehead atoms. The molecular formula is C20H20Cl2N4OS. The smallest absolute Gasteiger partial charge is 0.230 e. The van der Waals surface area contributed by atoms with Crippen molar-refractivity contribution < 1.29 is 4.79 Å². The third-order valence-corrected chi connectivity index (χ3v) is 5.88. The lowest BCUT2D eigenvalue weighted by molar-refractivity contribution is -0.118. The van der Waals surface area contributed by atoms with Crippen molar-refractivity contribution in [2.45, 2.75) is 25.4 Å². The molecule has 0 saturated heterocycles. The molecule has 0 saturated carbocycles. The molecule has 0 spiro atoms. The number of hydrogen-bond donors (Lipinski definition) is 1. The Morgan fingerprint density at radius 1 is 1.14 bits per heavy atom. The Labute approximate surface area is 178 Å². The molecule has 3 rings (SSSR count). The molecule has 1 amide bonds. The maximum atomic E-state index is 12.2. The van der Waals surface area contributed by atoms with Gasteiger partial charge in [-0.15, -0.1) is 10.2 Å². The van der Waals surface area contributed by atoms with Crippen LogP contribution in [0.4, 0.5) is 0 Å². The van der Waals surface area contributed by atoms with E-state index in [2.05, 4.69) is 41.5 Å². The van der Waals surface area contributed by atoms with Crippen LogP contribution in [0.3, 0.4) is 0 Å². The minimum Gasteiger partial charge on any atom is -0.355 e. The zero-order chi connectivity index (χ0) is 20.1. The van der Waals surface area contributed by atoms with Gasteiger partial charge in [-0.25, -0.2) is 0 Å². The summed E-state index contributed by atoms with van der Waals surface area (Å²) < 4.78 is 1.89. The summed E-state index contributed by atoms with van der Waals surface area (Å²) in [7, 11) is 0. The molecule has 28 heavy (non-hydrogen) atoms. The first kappa shape index (κ1) is 20.7. The van der Waals surface area contributed by atoms with Crippen LogP contribution in [0, 0.1) is 13.8 Å². The second-order valence-corrected chi connectivity index (χ2v) is 8.16. The van der Waals surface area contributed by atoms with Crippen molar-refractivity contribution in [3.05, 3.63) is 69.5 Å². The highest BCUT2D eigenvalue weighted by atomic mass is 35.5. The minimum atomic E-state index is -0.0651. The quantitative estimate of drug-likeness (QED) is 0.550. The van der Waals surface area contributed by atoms with E-state index in [0.717, 1.165) is 11.3 Å². The molecule has 0 radical (unpaired) electrons. The lowest BCUT2D eigenvalue weighted by Gasteiger charge is -2.09. The highest BCUT2D eigenvalue weighted by Crippen LogP contribution is 2.22. The third kappa shape index (κ3) is 5.28. The Balaban J connectivity index is 1.52. The lowest BCUT2D eigenvalue weighted by atomic mass is 10.1. The molecule has 2 aromatic carbocycles. The number of carbonyl (C=O) groups is 1. The van der Waals surface area contributed by atoms with Crippen LogP contribution in [0.2, 0.25) is 10.0 Å². The maximum Gasteiger partial charge on any atom is 0.230 e. The molecule has 0 fully saturated rings. The van der Waals surface area contributed by atoms with E-state index in [4.69, 9.17) is 23.2 Å². The number of rotatable bonds is 7. The first-order valence-electron chi connectivity index (χ1n) is 8.75. The van der Waals surface area contributed by atoms with Crippen molar-refractivity contribution >= 4 is 40.9 Å². The van der Waals surface area contributed by atoms with E-state index >= 15 is 0 Å². The van der Waals surface area contributed by atoms with Crippen molar-refractivity contribution in [3.63, 3.8) is 0 Å². The van der Waals surface area contributed by atoms with Crippen LogP contribution in [0.15, 0.2) is 47.9 Å². The number of amides is 1. The number of nitrogens with one attached hydrogen (secondary N) is 1. The van der Waals surface area contributed by atoms with Crippen LogP contribution in [-0.2, 0) is 11.2 Å². The second kappa shape index (κ2) is 9.45.